The van der Waals surface area contributed by atoms with Crippen molar-refractivity contribution in [2.75, 3.05) is 5.32 Å². The average molecular weight is 246 g/mol. The molecule has 0 heterocycles. The van der Waals surface area contributed by atoms with Crippen molar-refractivity contribution in [3.8, 4) is 0 Å². The number of hydrogen-bond acceptors (Lipinski definition) is 2. The van der Waals surface area contributed by atoms with Crippen LogP contribution in [0.5, 0.6) is 0 Å². The van der Waals surface area contributed by atoms with E-state index in [1.54, 1.807) is 18.2 Å². The zero-order valence-corrected chi connectivity index (χ0v) is 9.47. The van der Waals surface area contributed by atoms with Crippen molar-refractivity contribution in [3.63, 3.8) is 0 Å². The van der Waals surface area contributed by atoms with E-state index in [-0.39, 0.29) is 10.1 Å². The molecular formula is C8H8ClN3S2. The molecule has 0 fully saturated rings. The summed E-state index contributed by atoms with van der Waals surface area (Å²) >= 11 is 15.4. The van der Waals surface area contributed by atoms with Gasteiger partial charge in [-0.2, -0.15) is 0 Å². The molecule has 0 saturated heterocycles. The van der Waals surface area contributed by atoms with E-state index in [0.29, 0.717) is 16.3 Å². The molecule has 74 valence electrons. The number of nitrogens with one attached hydrogen (secondary N) is 1. The first kappa shape index (κ1) is 11.2. The van der Waals surface area contributed by atoms with Crippen molar-refractivity contribution in [1.29, 1.82) is 0 Å². The zero-order valence-electron chi connectivity index (χ0n) is 7.08. The first-order valence-electron chi connectivity index (χ1n) is 3.66. The Morgan fingerprint density at radius 3 is 2.43 bits per heavy atom. The van der Waals surface area contributed by atoms with Crippen LogP contribution < -0.4 is 16.8 Å². The highest BCUT2D eigenvalue weighted by atomic mass is 35.5. The molecular weight excluding hydrogens is 238 g/mol. The maximum Gasteiger partial charge on any atom is 0.168 e. The normalized spacial score (nSPS) is 9.50. The van der Waals surface area contributed by atoms with Crippen LogP contribution in [-0.4, -0.2) is 10.1 Å². The first-order valence-corrected chi connectivity index (χ1v) is 4.86. The Kier molecular flexibility index (Phi) is 3.62. The zero-order chi connectivity index (χ0) is 10.7. The second-order valence-electron chi connectivity index (χ2n) is 2.54. The van der Waals surface area contributed by atoms with Crippen LogP contribution >= 0.6 is 36.0 Å². The highest BCUT2D eigenvalue weighted by Gasteiger charge is 2.05. The van der Waals surface area contributed by atoms with E-state index in [4.69, 9.17) is 47.5 Å². The molecule has 5 N–H and O–H groups in total. The summed E-state index contributed by atoms with van der Waals surface area (Å²) in [5, 5.41) is 3.46. The van der Waals surface area contributed by atoms with Gasteiger partial charge in [0.15, 0.2) is 5.11 Å². The molecule has 0 bridgehead atoms. The van der Waals surface area contributed by atoms with Crippen LogP contribution in [0.1, 0.15) is 5.56 Å². The molecule has 0 amide bonds. The lowest BCUT2D eigenvalue weighted by atomic mass is 10.2. The second kappa shape index (κ2) is 4.54. The minimum absolute atomic E-state index is 0.143. The lowest BCUT2D eigenvalue weighted by Crippen LogP contribution is -2.22. The fourth-order valence-electron chi connectivity index (χ4n) is 0.967. The van der Waals surface area contributed by atoms with Crippen molar-refractivity contribution in [2.45, 2.75) is 0 Å². The monoisotopic (exact) mass is 245 g/mol. The Morgan fingerprint density at radius 1 is 1.29 bits per heavy atom. The molecule has 0 aromatic heterocycles. The van der Waals surface area contributed by atoms with Gasteiger partial charge in [0.2, 0.25) is 0 Å². The lowest BCUT2D eigenvalue weighted by Gasteiger charge is -2.09. The summed E-state index contributed by atoms with van der Waals surface area (Å²) in [6.45, 7) is 0. The predicted molar refractivity (Wildman–Crippen MR) is 67.7 cm³/mol. The van der Waals surface area contributed by atoms with Gasteiger partial charge in [0.1, 0.15) is 4.99 Å². The number of halogens is 1. The number of nitrogens with two attached hydrogens (primary N) is 2. The van der Waals surface area contributed by atoms with Gasteiger partial charge >= 0.3 is 0 Å². The SMILES string of the molecule is NC(=S)Nc1cc(Cl)ccc1C(N)=S. The highest BCUT2D eigenvalue weighted by molar-refractivity contribution is 7.81. The molecule has 6 heteroatoms. The van der Waals surface area contributed by atoms with Crippen LogP contribution in [0, 0.1) is 0 Å². The molecule has 0 aliphatic heterocycles. The Hall–Kier alpha value is -0.910. The fourth-order valence-corrected chi connectivity index (χ4v) is 1.43. The summed E-state index contributed by atoms with van der Waals surface area (Å²) in [4.78, 5) is 0.264. The molecule has 1 rings (SSSR count). The van der Waals surface area contributed by atoms with Gasteiger partial charge in [-0.3, -0.25) is 0 Å². The Labute approximate surface area is 97.4 Å². The van der Waals surface area contributed by atoms with Gasteiger partial charge in [0, 0.05) is 10.6 Å². The molecule has 0 radical (unpaired) electrons. The third-order valence-corrected chi connectivity index (χ3v) is 2.06. The van der Waals surface area contributed by atoms with Gasteiger partial charge in [-0.15, -0.1) is 0 Å². The quantitative estimate of drug-likeness (QED) is 0.692. The average Bonchev–Trinajstić information content (AvgIpc) is 2.01. The standard InChI is InChI=1S/C8H8ClN3S2/c9-4-1-2-5(7(10)13)6(3-4)12-8(11)14/h1-3H,(H2,10,13)(H3,11,12,14). The molecule has 3 nitrogen and oxygen atoms in total. The predicted octanol–water partition coefficient (Wildman–Crippen LogP) is 1.63. The molecule has 0 spiro atoms. The van der Waals surface area contributed by atoms with E-state index in [9.17, 15) is 0 Å². The Morgan fingerprint density at radius 2 is 1.93 bits per heavy atom. The summed E-state index contributed by atoms with van der Waals surface area (Å²) in [5.41, 5.74) is 12.1. The van der Waals surface area contributed by atoms with Crippen LogP contribution in [-0.2, 0) is 0 Å². The molecule has 0 saturated carbocycles. The van der Waals surface area contributed by atoms with Crippen LogP contribution in [0.3, 0.4) is 0 Å². The fraction of sp³-hybridized carbons (Fsp3) is 0. The smallest absolute Gasteiger partial charge is 0.168 e. The van der Waals surface area contributed by atoms with E-state index in [2.05, 4.69) is 5.32 Å². The Balaban J connectivity index is 3.15. The number of hydrogen-bond donors (Lipinski definition) is 3. The number of thiocarbonyl (C=S) groups is 2. The minimum atomic E-state index is 0.143. The third-order valence-electron chi connectivity index (χ3n) is 1.50. The summed E-state index contributed by atoms with van der Waals surface area (Å²) in [6, 6.07) is 5.07. The maximum absolute atomic E-state index is 5.80. The highest BCUT2D eigenvalue weighted by Crippen LogP contribution is 2.20. The van der Waals surface area contributed by atoms with E-state index in [1.165, 1.54) is 0 Å². The number of anilines is 1. The summed E-state index contributed by atoms with van der Waals surface area (Å²) < 4.78 is 0. The third kappa shape index (κ3) is 2.80. The summed E-state index contributed by atoms with van der Waals surface area (Å²) in [6.07, 6.45) is 0. The molecule has 1 aromatic rings. The van der Waals surface area contributed by atoms with E-state index >= 15 is 0 Å². The topological polar surface area (TPSA) is 64.1 Å². The molecule has 1 aromatic carbocycles. The molecule has 0 unspecified atom stereocenters. The summed E-state index contributed by atoms with van der Waals surface area (Å²) in [7, 11) is 0. The van der Waals surface area contributed by atoms with Crippen molar-refractivity contribution in [1.82, 2.24) is 0 Å². The van der Waals surface area contributed by atoms with Crippen LogP contribution in [0.25, 0.3) is 0 Å². The molecule has 14 heavy (non-hydrogen) atoms. The van der Waals surface area contributed by atoms with Gasteiger partial charge in [-0.05, 0) is 30.4 Å². The van der Waals surface area contributed by atoms with Crippen LogP contribution in [0.15, 0.2) is 18.2 Å². The van der Waals surface area contributed by atoms with Crippen molar-refractivity contribution < 1.29 is 0 Å². The first-order chi connectivity index (χ1) is 6.50. The van der Waals surface area contributed by atoms with E-state index < -0.39 is 0 Å². The maximum atomic E-state index is 5.80. The molecule has 0 atom stereocenters. The van der Waals surface area contributed by atoms with Crippen molar-refractivity contribution in [3.05, 3.63) is 28.8 Å². The van der Waals surface area contributed by atoms with E-state index in [1.807, 2.05) is 0 Å². The van der Waals surface area contributed by atoms with Gasteiger partial charge in [-0.1, -0.05) is 23.8 Å². The van der Waals surface area contributed by atoms with Crippen molar-refractivity contribution in [2.24, 2.45) is 11.5 Å². The van der Waals surface area contributed by atoms with E-state index in [0.717, 1.165) is 0 Å². The number of rotatable bonds is 2. The van der Waals surface area contributed by atoms with Crippen molar-refractivity contribution >= 4 is 51.8 Å². The Bertz CT molecular complexity index is 392. The largest absolute Gasteiger partial charge is 0.389 e. The summed E-state index contributed by atoms with van der Waals surface area (Å²) in [5.74, 6) is 0. The molecule has 0 aliphatic rings. The second-order valence-corrected chi connectivity index (χ2v) is 3.86. The molecule has 0 aliphatic carbocycles. The van der Waals surface area contributed by atoms with Gasteiger partial charge in [0.05, 0.1) is 5.69 Å². The lowest BCUT2D eigenvalue weighted by molar-refractivity contribution is 1.56. The van der Waals surface area contributed by atoms with Gasteiger partial charge < -0.3 is 16.8 Å². The van der Waals surface area contributed by atoms with Gasteiger partial charge in [0.25, 0.3) is 0 Å². The van der Waals surface area contributed by atoms with Crippen LogP contribution in [0.2, 0.25) is 5.02 Å². The van der Waals surface area contributed by atoms with Gasteiger partial charge in [-0.25, -0.2) is 0 Å². The minimum Gasteiger partial charge on any atom is -0.389 e. The van der Waals surface area contributed by atoms with Crippen LogP contribution in [0.4, 0.5) is 5.69 Å². The number of benzene rings is 1.